The number of rotatable bonds is 5. The number of pyridine rings is 2. The van der Waals surface area contributed by atoms with Crippen molar-refractivity contribution in [3.63, 3.8) is 0 Å². The van der Waals surface area contributed by atoms with Gasteiger partial charge in [-0.1, -0.05) is 23.2 Å². The second-order valence-electron chi connectivity index (χ2n) is 7.15. The van der Waals surface area contributed by atoms with E-state index in [1.165, 1.54) is 12.3 Å². The third-order valence-electron chi connectivity index (χ3n) is 4.88. The van der Waals surface area contributed by atoms with Gasteiger partial charge in [0.2, 0.25) is 5.78 Å². The lowest BCUT2D eigenvalue weighted by atomic mass is 10.0. The maximum absolute atomic E-state index is 13.3. The van der Waals surface area contributed by atoms with Crippen LogP contribution in [0, 0.1) is 0 Å². The number of hydrogen-bond acceptors (Lipinski definition) is 5. The number of hydrogen-bond donors (Lipinski definition) is 1. The summed E-state index contributed by atoms with van der Waals surface area (Å²) in [6.45, 7) is 0. The summed E-state index contributed by atoms with van der Waals surface area (Å²) in [7, 11) is -2.84. The number of fused-ring (bicyclic) bond motifs is 1. The van der Waals surface area contributed by atoms with Crippen LogP contribution in [0.1, 0.15) is 21.6 Å². The molecule has 4 aromatic rings. The van der Waals surface area contributed by atoms with Gasteiger partial charge in [0.05, 0.1) is 26.2 Å². The van der Waals surface area contributed by atoms with E-state index in [1.54, 1.807) is 23.9 Å². The Bertz CT molecular complexity index is 1550. The van der Waals surface area contributed by atoms with Crippen LogP contribution in [0.25, 0.3) is 11.0 Å². The van der Waals surface area contributed by atoms with Gasteiger partial charge in [-0.2, -0.15) is 13.2 Å². The molecule has 0 fully saturated rings. The van der Waals surface area contributed by atoms with Crippen LogP contribution in [0.5, 0.6) is 0 Å². The number of carbonyl (C=O) groups is 1. The zero-order valence-corrected chi connectivity index (χ0v) is 19.4. The minimum atomic E-state index is -4.87. The SMILES string of the molecule is Cn1ccc2c(C(=O)c3ncc(Cl)cc3NS(=O)(=O)c3ccc(Cl)c(C(F)(F)F)c3)ccnc21. The molecule has 7 nitrogen and oxygen atoms in total. The van der Waals surface area contributed by atoms with E-state index in [0.717, 1.165) is 24.4 Å². The number of nitrogens with one attached hydrogen (secondary N) is 1. The highest BCUT2D eigenvalue weighted by Crippen LogP contribution is 2.36. The van der Waals surface area contributed by atoms with Crippen molar-refractivity contribution in [2.75, 3.05) is 4.72 Å². The number of anilines is 1. The topological polar surface area (TPSA) is 94.0 Å². The van der Waals surface area contributed by atoms with Crippen LogP contribution in [0.15, 0.2) is 59.9 Å². The van der Waals surface area contributed by atoms with Crippen LogP contribution in [-0.4, -0.2) is 28.7 Å². The fourth-order valence-corrected chi connectivity index (χ4v) is 4.75. The average Bonchev–Trinajstić information content (AvgIpc) is 3.13. The summed E-state index contributed by atoms with van der Waals surface area (Å²) in [5.41, 5.74) is -1.20. The van der Waals surface area contributed by atoms with Gasteiger partial charge in [-0.15, -0.1) is 0 Å². The van der Waals surface area contributed by atoms with E-state index in [0.29, 0.717) is 17.1 Å². The summed E-state index contributed by atoms with van der Waals surface area (Å²) >= 11 is 11.5. The van der Waals surface area contributed by atoms with Crippen LogP contribution in [-0.2, 0) is 23.2 Å². The average molecular weight is 529 g/mol. The summed E-state index contributed by atoms with van der Waals surface area (Å²) in [5, 5.41) is -0.148. The monoisotopic (exact) mass is 528 g/mol. The van der Waals surface area contributed by atoms with Crippen molar-refractivity contribution in [1.82, 2.24) is 14.5 Å². The molecule has 0 atom stereocenters. The molecular weight excluding hydrogens is 516 g/mol. The predicted octanol–water partition coefficient (Wildman–Crippen LogP) is 5.33. The van der Waals surface area contributed by atoms with Crippen molar-refractivity contribution in [3.8, 4) is 0 Å². The zero-order valence-electron chi connectivity index (χ0n) is 17.1. The molecule has 0 radical (unpaired) electrons. The second kappa shape index (κ2) is 8.57. The van der Waals surface area contributed by atoms with Gasteiger partial charge in [-0.3, -0.25) is 9.52 Å². The summed E-state index contributed by atoms with van der Waals surface area (Å²) < 4.78 is 69.3. The van der Waals surface area contributed by atoms with Gasteiger partial charge in [-0.05, 0) is 36.4 Å². The van der Waals surface area contributed by atoms with E-state index in [2.05, 4.69) is 14.7 Å². The van der Waals surface area contributed by atoms with Gasteiger partial charge < -0.3 is 4.57 Å². The van der Waals surface area contributed by atoms with E-state index in [4.69, 9.17) is 23.2 Å². The number of alkyl halides is 3. The molecule has 4 rings (SSSR count). The lowest BCUT2D eigenvalue weighted by molar-refractivity contribution is -0.137. The van der Waals surface area contributed by atoms with Gasteiger partial charge in [0, 0.05) is 36.6 Å². The van der Waals surface area contributed by atoms with Crippen molar-refractivity contribution in [2.45, 2.75) is 11.1 Å². The predicted molar refractivity (Wildman–Crippen MR) is 121 cm³/mol. The van der Waals surface area contributed by atoms with E-state index in [1.807, 2.05) is 0 Å². The first kappa shape index (κ1) is 24.0. The Morgan fingerprint density at radius 2 is 1.82 bits per heavy atom. The molecule has 1 N–H and O–H groups in total. The Hall–Kier alpha value is -3.15. The maximum atomic E-state index is 13.3. The summed E-state index contributed by atoms with van der Waals surface area (Å²) in [6.07, 6.45) is -0.600. The Morgan fingerprint density at radius 3 is 2.53 bits per heavy atom. The summed E-state index contributed by atoms with van der Waals surface area (Å²) in [4.78, 5) is 20.8. The minimum absolute atomic E-state index is 0.000855. The molecule has 0 saturated carbocycles. The van der Waals surface area contributed by atoms with Crippen molar-refractivity contribution < 1.29 is 26.4 Å². The van der Waals surface area contributed by atoms with Crippen molar-refractivity contribution in [3.05, 3.63) is 81.9 Å². The molecule has 13 heteroatoms. The Morgan fingerprint density at radius 1 is 1.09 bits per heavy atom. The molecule has 0 aliphatic rings. The molecule has 3 aromatic heterocycles. The standard InChI is InChI=1S/C21H13Cl2F3N4O3S/c1-30-7-5-14-13(4-6-27-20(14)30)19(31)18-17(8-11(22)10-28-18)29-34(32,33)12-2-3-16(23)15(9-12)21(24,25)26/h2-10,29H,1H3. The van der Waals surface area contributed by atoms with Crippen LogP contribution < -0.4 is 4.72 Å². The number of aryl methyl sites for hydroxylation is 1. The van der Waals surface area contributed by atoms with Crippen LogP contribution in [0.3, 0.4) is 0 Å². The highest BCUT2D eigenvalue weighted by Gasteiger charge is 2.35. The fourth-order valence-electron chi connectivity index (χ4n) is 3.28. The molecule has 0 saturated heterocycles. The molecule has 34 heavy (non-hydrogen) atoms. The quantitative estimate of drug-likeness (QED) is 0.353. The number of benzene rings is 1. The van der Waals surface area contributed by atoms with Crippen LogP contribution >= 0.6 is 23.2 Å². The highest BCUT2D eigenvalue weighted by molar-refractivity contribution is 7.92. The van der Waals surface area contributed by atoms with E-state index < -0.39 is 37.5 Å². The number of carbonyl (C=O) groups excluding carboxylic acids is 1. The molecule has 0 amide bonds. The van der Waals surface area contributed by atoms with Crippen LogP contribution in [0.4, 0.5) is 18.9 Å². The summed E-state index contributed by atoms with van der Waals surface area (Å²) in [6, 6.07) is 6.40. The molecule has 0 unspecified atom stereocenters. The molecule has 0 aliphatic carbocycles. The maximum Gasteiger partial charge on any atom is 0.417 e. The van der Waals surface area contributed by atoms with Gasteiger partial charge in [0.15, 0.2) is 0 Å². The molecular formula is C21H13Cl2F3N4O3S. The first-order valence-corrected chi connectivity index (χ1v) is 11.6. The Labute approximate surface area is 201 Å². The number of sulfonamides is 1. The number of halogens is 5. The van der Waals surface area contributed by atoms with E-state index in [-0.39, 0.29) is 22.0 Å². The lowest BCUT2D eigenvalue weighted by Gasteiger charge is -2.14. The molecule has 1 aromatic carbocycles. The lowest BCUT2D eigenvalue weighted by Crippen LogP contribution is -2.18. The third-order valence-corrected chi connectivity index (χ3v) is 6.78. The molecule has 3 heterocycles. The molecule has 0 aliphatic heterocycles. The molecule has 176 valence electrons. The van der Waals surface area contributed by atoms with Crippen molar-refractivity contribution in [1.29, 1.82) is 0 Å². The van der Waals surface area contributed by atoms with Gasteiger partial charge >= 0.3 is 6.18 Å². The molecule has 0 spiro atoms. The van der Waals surface area contributed by atoms with Crippen molar-refractivity contribution in [2.24, 2.45) is 7.05 Å². The highest BCUT2D eigenvalue weighted by atomic mass is 35.5. The third kappa shape index (κ3) is 4.46. The number of ketones is 1. The smallest absolute Gasteiger partial charge is 0.336 e. The summed E-state index contributed by atoms with van der Waals surface area (Å²) in [5.74, 6) is -0.639. The van der Waals surface area contributed by atoms with Gasteiger partial charge in [0.1, 0.15) is 11.3 Å². The van der Waals surface area contributed by atoms with Gasteiger partial charge in [0.25, 0.3) is 10.0 Å². The first-order valence-electron chi connectivity index (χ1n) is 9.38. The van der Waals surface area contributed by atoms with E-state index in [9.17, 15) is 26.4 Å². The normalized spacial score (nSPS) is 12.2. The Balaban J connectivity index is 1.78. The number of aromatic nitrogens is 3. The zero-order chi connectivity index (χ0) is 24.8. The van der Waals surface area contributed by atoms with E-state index >= 15 is 0 Å². The fraction of sp³-hybridized carbons (Fsp3) is 0.0952. The molecule has 0 bridgehead atoms. The largest absolute Gasteiger partial charge is 0.417 e. The second-order valence-corrected chi connectivity index (χ2v) is 9.67. The van der Waals surface area contributed by atoms with Crippen molar-refractivity contribution >= 4 is 55.7 Å². The Kier molecular flexibility index (Phi) is 6.05. The van der Waals surface area contributed by atoms with Crippen LogP contribution in [0.2, 0.25) is 10.0 Å². The minimum Gasteiger partial charge on any atom is -0.336 e. The van der Waals surface area contributed by atoms with Gasteiger partial charge in [-0.25, -0.2) is 18.4 Å². The first-order chi connectivity index (χ1) is 15.9. The number of nitrogens with zero attached hydrogens (tertiary/aromatic N) is 3.